The molecule has 8 heteroatoms. The predicted octanol–water partition coefficient (Wildman–Crippen LogP) is 4.01. The molecule has 0 radical (unpaired) electrons. The molecule has 31 heavy (non-hydrogen) atoms. The number of fused-ring (bicyclic) bond motifs is 2. The fourth-order valence-electron chi connectivity index (χ4n) is 4.49. The molecular weight excluding hydrogens is 423 g/mol. The van der Waals surface area contributed by atoms with Gasteiger partial charge in [-0.3, -0.25) is 0 Å². The van der Waals surface area contributed by atoms with Crippen molar-refractivity contribution in [3.63, 3.8) is 0 Å². The quantitative estimate of drug-likeness (QED) is 0.718. The Balaban J connectivity index is 1.19. The zero-order valence-corrected chi connectivity index (χ0v) is 17.8. The van der Waals surface area contributed by atoms with Crippen LogP contribution in [-0.4, -0.2) is 47.3 Å². The molecule has 3 heterocycles. The summed E-state index contributed by atoms with van der Waals surface area (Å²) < 4.78 is 46.7. The first-order valence-electron chi connectivity index (χ1n) is 10.5. The van der Waals surface area contributed by atoms with Crippen LogP contribution >= 0.6 is 7.75 Å². The van der Waals surface area contributed by atoms with Crippen LogP contribution in [-0.2, 0) is 17.4 Å². The summed E-state index contributed by atoms with van der Waals surface area (Å²) in [6, 6.07) is 9.01. The zero-order chi connectivity index (χ0) is 21.5. The van der Waals surface area contributed by atoms with Gasteiger partial charge in [0.25, 0.3) is 0 Å². The van der Waals surface area contributed by atoms with E-state index < -0.39 is 13.9 Å². The summed E-state index contributed by atoms with van der Waals surface area (Å²) in [6.45, 7) is 0.878. The molecule has 3 aliphatic heterocycles. The highest BCUT2D eigenvalue weighted by Gasteiger charge is 2.38. The molecule has 5 atom stereocenters. The van der Waals surface area contributed by atoms with E-state index >= 15 is 0 Å². The third-order valence-corrected chi connectivity index (χ3v) is 7.52. The molecule has 5 rings (SSSR count). The van der Waals surface area contributed by atoms with Gasteiger partial charge in [-0.15, -0.1) is 6.13 Å². The number of β-amino-alcohol motifs (C(OH)–C–C–N with tert-alkyl or cyclic N) is 1. The van der Waals surface area contributed by atoms with Crippen molar-refractivity contribution in [2.75, 3.05) is 13.1 Å². The third-order valence-electron chi connectivity index (χ3n) is 6.15. The molecular formula is C23H24F2NO4P. The highest BCUT2D eigenvalue weighted by atomic mass is 31.1. The van der Waals surface area contributed by atoms with Crippen molar-refractivity contribution in [1.29, 1.82) is 0 Å². The normalized spacial score (nSPS) is 27.7. The lowest BCUT2D eigenvalue weighted by molar-refractivity contribution is 0.0122. The van der Waals surface area contributed by atoms with E-state index in [4.69, 9.17) is 20.1 Å². The van der Waals surface area contributed by atoms with Gasteiger partial charge in [-0.05, 0) is 73.2 Å². The number of rotatable bonds is 4. The molecule has 1 N–H and O–H groups in total. The summed E-state index contributed by atoms with van der Waals surface area (Å²) in [5, 5.41) is 10.8. The van der Waals surface area contributed by atoms with Gasteiger partial charge in [0.05, 0.1) is 0 Å². The monoisotopic (exact) mass is 447 g/mol. The summed E-state index contributed by atoms with van der Waals surface area (Å²) in [7, 11) is -1.35. The second-order valence-corrected chi connectivity index (χ2v) is 9.66. The highest BCUT2D eigenvalue weighted by molar-refractivity contribution is 7.38. The number of ether oxygens (including phenoxy) is 2. The van der Waals surface area contributed by atoms with Crippen molar-refractivity contribution in [2.45, 2.75) is 50.1 Å². The Labute approximate surface area is 180 Å². The number of aliphatic hydroxyl groups is 1. The van der Waals surface area contributed by atoms with Crippen LogP contribution in [0.5, 0.6) is 11.5 Å². The van der Waals surface area contributed by atoms with Crippen LogP contribution in [0.15, 0.2) is 36.4 Å². The number of halogens is 2. The lowest BCUT2D eigenvalue weighted by Crippen LogP contribution is -2.43. The number of nitrogens with zero attached hydrogens (tertiary/aromatic N) is 1. The lowest BCUT2D eigenvalue weighted by Gasteiger charge is -2.31. The van der Waals surface area contributed by atoms with Gasteiger partial charge < -0.3 is 19.1 Å². The van der Waals surface area contributed by atoms with Gasteiger partial charge in [-0.25, -0.2) is 13.5 Å². The van der Waals surface area contributed by atoms with E-state index in [1.165, 1.54) is 24.3 Å². The molecule has 0 aromatic heterocycles. The molecule has 3 aliphatic rings. The maximum Gasteiger partial charge on any atom is 0.127 e. The minimum atomic E-state index is -1.35. The van der Waals surface area contributed by atoms with Gasteiger partial charge in [0.1, 0.15) is 55.3 Å². The molecule has 5 nitrogen and oxygen atoms in total. The van der Waals surface area contributed by atoms with E-state index in [-0.39, 0.29) is 29.9 Å². The van der Waals surface area contributed by atoms with Gasteiger partial charge in [-0.1, -0.05) is 0 Å². The van der Waals surface area contributed by atoms with Crippen LogP contribution < -0.4 is 9.47 Å². The van der Waals surface area contributed by atoms with Gasteiger partial charge >= 0.3 is 0 Å². The maximum atomic E-state index is 13.4. The van der Waals surface area contributed by atoms with Crippen molar-refractivity contribution >= 4 is 7.75 Å². The summed E-state index contributed by atoms with van der Waals surface area (Å²) in [4.78, 5) is 0. The van der Waals surface area contributed by atoms with Crippen molar-refractivity contribution in [1.82, 2.24) is 4.67 Å². The average molecular weight is 447 g/mol. The van der Waals surface area contributed by atoms with E-state index in [0.29, 0.717) is 37.4 Å². The smallest absolute Gasteiger partial charge is 0.127 e. The molecule has 1 fully saturated rings. The molecule has 2 aromatic carbocycles. The van der Waals surface area contributed by atoms with Gasteiger partial charge in [0.2, 0.25) is 0 Å². The second-order valence-electron chi connectivity index (χ2n) is 8.28. The summed E-state index contributed by atoms with van der Waals surface area (Å²) >= 11 is 0. The number of hydrogen-bond acceptors (Lipinski definition) is 5. The fourth-order valence-corrected chi connectivity index (χ4v) is 5.75. The summed E-state index contributed by atoms with van der Waals surface area (Å²) in [5.41, 5.74) is 1.69. The van der Waals surface area contributed by atoms with Gasteiger partial charge in [-0.2, -0.15) is 0 Å². The highest BCUT2D eigenvalue weighted by Crippen LogP contribution is 2.40. The van der Waals surface area contributed by atoms with E-state index in [2.05, 4.69) is 0 Å². The molecule has 0 bridgehead atoms. The Morgan fingerprint density at radius 3 is 2.35 bits per heavy atom. The molecule has 1 saturated heterocycles. The van der Waals surface area contributed by atoms with Crippen LogP contribution in [0.3, 0.4) is 0 Å². The molecule has 0 spiro atoms. The van der Waals surface area contributed by atoms with Crippen LogP contribution in [0.25, 0.3) is 0 Å². The Bertz CT molecular complexity index is 1060. The minimum absolute atomic E-state index is 0.165. The zero-order valence-electron chi connectivity index (χ0n) is 16.9. The molecule has 0 saturated carbocycles. The van der Waals surface area contributed by atoms with Crippen LogP contribution in [0.1, 0.15) is 24.0 Å². The first-order chi connectivity index (χ1) is 15.0. The predicted molar refractivity (Wildman–Crippen MR) is 113 cm³/mol. The Morgan fingerprint density at radius 1 is 1.00 bits per heavy atom. The van der Waals surface area contributed by atoms with E-state index in [0.717, 1.165) is 24.0 Å². The Kier molecular flexibility index (Phi) is 5.63. The third kappa shape index (κ3) is 4.30. The van der Waals surface area contributed by atoms with E-state index in [1.54, 1.807) is 12.1 Å². The minimum Gasteiger partial charge on any atom is -0.487 e. The van der Waals surface area contributed by atoms with Crippen LogP contribution in [0.4, 0.5) is 8.78 Å². The first-order valence-corrected chi connectivity index (χ1v) is 11.8. The second kappa shape index (κ2) is 8.42. The lowest BCUT2D eigenvalue weighted by atomic mass is 9.98. The SMILES string of the molecule is C#P1O[C@@H]([C@H]2CCc3cc(F)ccc3O2)CN1C[C@H](O)[C@@H]1CCc2cc(F)ccc2O1. The standard InChI is InChI=1S/C23H24F2NO4P/c1-31-26(12-18(27)21-6-2-14-10-16(24)4-8-19(14)28-21)13-23(30-31)22-7-3-15-11-17(25)5-9-20(15)29-22/h1,4-5,8-11,18,21-23,27H,2-3,6-7,12-13H2/t18-,21-,22+,23+/m0/s1. The van der Waals surface area contributed by atoms with Crippen molar-refractivity contribution in [3.8, 4) is 17.6 Å². The first kappa shape index (κ1) is 20.7. The van der Waals surface area contributed by atoms with E-state index in [1.807, 2.05) is 4.67 Å². The van der Waals surface area contributed by atoms with E-state index in [9.17, 15) is 13.9 Å². The van der Waals surface area contributed by atoms with Crippen LogP contribution in [0.2, 0.25) is 0 Å². The molecule has 1 unspecified atom stereocenters. The van der Waals surface area contributed by atoms with Crippen molar-refractivity contribution in [3.05, 3.63) is 59.2 Å². The summed E-state index contributed by atoms with van der Waals surface area (Å²) in [6.07, 6.45) is 7.43. The molecule has 2 aromatic rings. The fraction of sp³-hybridized carbons (Fsp3) is 0.435. The van der Waals surface area contributed by atoms with Crippen molar-refractivity contribution < 1.29 is 27.9 Å². The van der Waals surface area contributed by atoms with Crippen LogP contribution in [0, 0.1) is 17.8 Å². The number of aryl methyl sites for hydroxylation is 2. The van der Waals surface area contributed by atoms with Crippen molar-refractivity contribution in [2.24, 2.45) is 0 Å². The molecule has 0 amide bonds. The number of hydrogen-bond donors (Lipinski definition) is 1. The van der Waals surface area contributed by atoms with Gasteiger partial charge in [0.15, 0.2) is 0 Å². The Hall–Kier alpha value is -2.14. The Morgan fingerprint density at radius 2 is 1.65 bits per heavy atom. The number of benzene rings is 2. The largest absolute Gasteiger partial charge is 0.487 e. The molecule has 164 valence electrons. The maximum absolute atomic E-state index is 13.4. The topological polar surface area (TPSA) is 51.2 Å². The molecule has 0 aliphatic carbocycles. The average Bonchev–Trinajstić information content (AvgIpc) is 3.13. The number of aliphatic hydroxyl groups excluding tert-OH is 1. The van der Waals surface area contributed by atoms with Gasteiger partial charge in [0, 0.05) is 13.1 Å². The summed E-state index contributed by atoms with van der Waals surface area (Å²) in [5.74, 6) is 0.758.